The molecular formula is C20H33BN4O3. The fourth-order valence-corrected chi connectivity index (χ4v) is 3.84. The minimum absolute atomic E-state index is 0.151. The second kappa shape index (κ2) is 7.63. The zero-order valence-corrected chi connectivity index (χ0v) is 18.2. The maximum atomic E-state index is 11.6. The second-order valence-electron chi connectivity index (χ2n) is 9.14. The second-order valence-corrected chi connectivity index (χ2v) is 9.14. The Bertz CT molecular complexity index is 684. The quantitative estimate of drug-likeness (QED) is 0.735. The summed E-state index contributed by atoms with van der Waals surface area (Å²) in [7, 11) is -0.453. The molecule has 154 valence electrons. The van der Waals surface area contributed by atoms with Crippen molar-refractivity contribution in [2.45, 2.75) is 84.6 Å². The molecule has 2 saturated heterocycles. The van der Waals surface area contributed by atoms with E-state index in [0.717, 1.165) is 37.3 Å². The molecule has 0 unspecified atom stereocenters. The Labute approximate surface area is 168 Å². The Kier molecular flexibility index (Phi) is 5.74. The Hall–Kier alpha value is -1.67. The van der Waals surface area contributed by atoms with E-state index in [9.17, 15) is 4.79 Å². The van der Waals surface area contributed by atoms with Crippen LogP contribution in [0.15, 0.2) is 12.4 Å². The van der Waals surface area contributed by atoms with Crippen LogP contribution in [0, 0.1) is 0 Å². The van der Waals surface area contributed by atoms with Gasteiger partial charge >= 0.3 is 7.12 Å². The zero-order valence-electron chi connectivity index (χ0n) is 18.2. The number of likely N-dealkylation sites (tertiary alicyclic amines) is 1. The summed E-state index contributed by atoms with van der Waals surface area (Å²) in [6.45, 7) is 15.7. The molecule has 7 nitrogen and oxygen atoms in total. The molecule has 28 heavy (non-hydrogen) atoms. The topological polar surface area (TPSA) is 67.8 Å². The van der Waals surface area contributed by atoms with Crippen molar-refractivity contribution in [3.05, 3.63) is 12.4 Å². The molecular weight excluding hydrogens is 355 g/mol. The van der Waals surface area contributed by atoms with E-state index in [1.807, 2.05) is 45.0 Å². The largest absolute Gasteiger partial charge is 0.498 e. The van der Waals surface area contributed by atoms with Crippen molar-refractivity contribution in [1.82, 2.24) is 14.9 Å². The number of aromatic nitrogens is 2. The zero-order chi connectivity index (χ0) is 20.7. The van der Waals surface area contributed by atoms with Crippen LogP contribution in [0.2, 0.25) is 0 Å². The van der Waals surface area contributed by atoms with Crippen molar-refractivity contribution in [3.63, 3.8) is 0 Å². The maximum absolute atomic E-state index is 11.6. The third-order valence-electron chi connectivity index (χ3n) is 6.27. The van der Waals surface area contributed by atoms with Gasteiger partial charge in [0.15, 0.2) is 0 Å². The lowest BCUT2D eigenvalue weighted by atomic mass is 9.81. The summed E-state index contributed by atoms with van der Waals surface area (Å²) < 4.78 is 12.2. The summed E-state index contributed by atoms with van der Waals surface area (Å²) in [5, 5.41) is 0. The summed E-state index contributed by atoms with van der Waals surface area (Å²) >= 11 is 0. The molecule has 0 aliphatic carbocycles. The lowest BCUT2D eigenvalue weighted by Crippen LogP contribution is -2.49. The fourth-order valence-electron chi connectivity index (χ4n) is 3.84. The van der Waals surface area contributed by atoms with E-state index in [1.165, 1.54) is 0 Å². The number of rotatable bonds is 4. The van der Waals surface area contributed by atoms with Gasteiger partial charge in [-0.2, -0.15) is 0 Å². The van der Waals surface area contributed by atoms with Gasteiger partial charge in [-0.05, 0) is 54.4 Å². The molecule has 1 aromatic rings. The highest BCUT2D eigenvalue weighted by Crippen LogP contribution is 2.36. The van der Waals surface area contributed by atoms with Crippen molar-refractivity contribution in [1.29, 1.82) is 0 Å². The first-order valence-electron chi connectivity index (χ1n) is 10.2. The monoisotopic (exact) mass is 388 g/mol. The number of hydrogen-bond acceptors (Lipinski definition) is 6. The van der Waals surface area contributed by atoms with Gasteiger partial charge in [0.2, 0.25) is 11.9 Å². The number of anilines is 1. The highest BCUT2D eigenvalue weighted by atomic mass is 16.7. The van der Waals surface area contributed by atoms with Gasteiger partial charge in [-0.15, -0.1) is 0 Å². The number of nitrogens with zero attached hydrogens (tertiary/aromatic N) is 4. The first-order valence-corrected chi connectivity index (χ1v) is 10.2. The van der Waals surface area contributed by atoms with E-state index in [0.29, 0.717) is 6.04 Å². The van der Waals surface area contributed by atoms with E-state index < -0.39 is 7.12 Å². The van der Waals surface area contributed by atoms with Gasteiger partial charge in [-0.1, -0.05) is 0 Å². The van der Waals surface area contributed by atoms with Gasteiger partial charge in [0, 0.05) is 50.0 Å². The van der Waals surface area contributed by atoms with Crippen LogP contribution in [0.25, 0.3) is 0 Å². The van der Waals surface area contributed by atoms with Gasteiger partial charge < -0.3 is 19.1 Å². The van der Waals surface area contributed by atoms with Crippen LogP contribution in [-0.2, 0) is 14.1 Å². The molecule has 0 atom stereocenters. The predicted octanol–water partition coefficient (Wildman–Crippen LogP) is 2.00. The van der Waals surface area contributed by atoms with Crippen molar-refractivity contribution in [3.8, 4) is 0 Å². The third-order valence-corrected chi connectivity index (χ3v) is 6.27. The Morgan fingerprint density at radius 1 is 1.14 bits per heavy atom. The SMILES string of the molecule is CC(=O)N1CCC(N(c2ncc(B3OC(C)(C)C(C)(C)O3)cn2)C(C)C)CC1. The van der Waals surface area contributed by atoms with Crippen molar-refractivity contribution in [2.75, 3.05) is 18.0 Å². The predicted molar refractivity (Wildman–Crippen MR) is 111 cm³/mol. The van der Waals surface area contributed by atoms with Crippen LogP contribution in [-0.4, -0.2) is 64.3 Å². The van der Waals surface area contributed by atoms with E-state index >= 15 is 0 Å². The molecule has 3 heterocycles. The minimum Gasteiger partial charge on any atom is -0.399 e. The highest BCUT2D eigenvalue weighted by molar-refractivity contribution is 6.61. The van der Waals surface area contributed by atoms with Gasteiger partial charge in [0.1, 0.15) is 0 Å². The lowest BCUT2D eigenvalue weighted by Gasteiger charge is -2.40. The van der Waals surface area contributed by atoms with Crippen molar-refractivity contribution < 1.29 is 14.1 Å². The molecule has 0 saturated carbocycles. The smallest absolute Gasteiger partial charge is 0.399 e. The summed E-state index contributed by atoms with van der Waals surface area (Å²) in [4.78, 5) is 25.1. The molecule has 1 aromatic heterocycles. The molecule has 8 heteroatoms. The Morgan fingerprint density at radius 3 is 2.07 bits per heavy atom. The Balaban J connectivity index is 1.73. The van der Waals surface area contributed by atoms with Crippen molar-refractivity contribution in [2.24, 2.45) is 0 Å². The summed E-state index contributed by atoms with van der Waals surface area (Å²) in [5.41, 5.74) is 0.0631. The average molecular weight is 388 g/mol. The molecule has 0 N–H and O–H groups in total. The van der Waals surface area contributed by atoms with Crippen LogP contribution in [0.1, 0.15) is 61.3 Å². The molecule has 2 aliphatic rings. The van der Waals surface area contributed by atoms with Gasteiger partial charge in [-0.25, -0.2) is 9.97 Å². The first kappa shape index (κ1) is 21.1. The van der Waals surface area contributed by atoms with Crippen LogP contribution < -0.4 is 10.4 Å². The van der Waals surface area contributed by atoms with Gasteiger partial charge in [0.25, 0.3) is 0 Å². The molecule has 0 bridgehead atoms. The van der Waals surface area contributed by atoms with Gasteiger partial charge in [-0.3, -0.25) is 4.79 Å². The summed E-state index contributed by atoms with van der Waals surface area (Å²) in [5.74, 6) is 0.870. The number of amides is 1. The molecule has 0 radical (unpaired) electrons. The molecule has 0 aromatic carbocycles. The maximum Gasteiger partial charge on any atom is 0.498 e. The minimum atomic E-state index is -0.453. The number of carbonyl (C=O) groups excluding carboxylic acids is 1. The van der Waals surface area contributed by atoms with E-state index in [4.69, 9.17) is 9.31 Å². The standard InChI is InChI=1S/C20H33BN4O3/c1-14(2)25(17-8-10-24(11-9-17)15(3)26)18-22-12-16(13-23-18)21-27-19(4,5)20(6,7)28-21/h12-14,17H,8-11H2,1-7H3. The van der Waals surface area contributed by atoms with Crippen LogP contribution >= 0.6 is 0 Å². The average Bonchev–Trinajstić information content (AvgIpc) is 2.83. The number of hydrogen-bond donors (Lipinski definition) is 0. The molecule has 0 spiro atoms. The van der Waals surface area contributed by atoms with Crippen LogP contribution in [0.4, 0.5) is 5.95 Å². The lowest BCUT2D eigenvalue weighted by molar-refractivity contribution is -0.129. The fraction of sp³-hybridized carbons (Fsp3) is 0.750. The first-order chi connectivity index (χ1) is 13.0. The van der Waals surface area contributed by atoms with E-state index in [1.54, 1.807) is 6.92 Å². The normalized spacial score (nSPS) is 22.0. The van der Waals surface area contributed by atoms with Gasteiger partial charge in [0.05, 0.1) is 11.2 Å². The van der Waals surface area contributed by atoms with Crippen LogP contribution in [0.5, 0.6) is 0 Å². The molecule has 2 aliphatic heterocycles. The van der Waals surface area contributed by atoms with E-state index in [-0.39, 0.29) is 23.2 Å². The molecule has 3 rings (SSSR count). The summed E-state index contributed by atoms with van der Waals surface area (Å²) in [6.07, 6.45) is 5.48. The molecule has 1 amide bonds. The van der Waals surface area contributed by atoms with E-state index in [2.05, 4.69) is 28.7 Å². The Morgan fingerprint density at radius 2 is 1.64 bits per heavy atom. The highest BCUT2D eigenvalue weighted by Gasteiger charge is 2.52. The van der Waals surface area contributed by atoms with Crippen molar-refractivity contribution >= 4 is 24.4 Å². The molecule has 2 fully saturated rings. The number of carbonyl (C=O) groups is 1. The summed E-state index contributed by atoms with van der Waals surface area (Å²) in [6, 6.07) is 0.606. The van der Waals surface area contributed by atoms with Crippen LogP contribution in [0.3, 0.4) is 0 Å². The third kappa shape index (κ3) is 4.03. The number of piperidine rings is 1.